The Kier molecular flexibility index (Phi) is 5.74. The minimum Gasteiger partial charge on any atom is -0.494 e. The van der Waals surface area contributed by atoms with Crippen molar-refractivity contribution in [3.63, 3.8) is 0 Å². The summed E-state index contributed by atoms with van der Waals surface area (Å²) in [6.07, 6.45) is 4.36. The lowest BCUT2D eigenvalue weighted by Gasteiger charge is -2.28. The number of amides is 1. The normalized spacial score (nSPS) is 15.3. The molecule has 0 heterocycles. The number of hydrogen-bond donors (Lipinski definition) is 1. The first-order chi connectivity index (χ1) is 13.0. The maximum absolute atomic E-state index is 13.1. The molecule has 142 valence electrons. The lowest BCUT2D eigenvalue weighted by molar-refractivity contribution is -0.384. The minimum absolute atomic E-state index is 0.0370. The molecule has 0 aliphatic heterocycles. The summed E-state index contributed by atoms with van der Waals surface area (Å²) in [5, 5.41) is 13.9. The summed E-state index contributed by atoms with van der Waals surface area (Å²) >= 11 is 0. The lowest BCUT2D eigenvalue weighted by atomic mass is 9.78. The van der Waals surface area contributed by atoms with Crippen LogP contribution in [-0.2, 0) is 10.2 Å². The van der Waals surface area contributed by atoms with Crippen LogP contribution in [0.3, 0.4) is 0 Å². The highest BCUT2D eigenvalue weighted by Crippen LogP contribution is 2.42. The predicted molar refractivity (Wildman–Crippen MR) is 104 cm³/mol. The van der Waals surface area contributed by atoms with E-state index < -0.39 is 10.3 Å². The van der Waals surface area contributed by atoms with E-state index in [1.165, 1.54) is 12.1 Å². The number of anilines is 1. The van der Waals surface area contributed by atoms with Crippen molar-refractivity contribution in [1.82, 2.24) is 0 Å². The Morgan fingerprint density at radius 1 is 1.11 bits per heavy atom. The summed E-state index contributed by atoms with van der Waals surface area (Å²) < 4.78 is 5.57. The molecule has 6 nitrogen and oxygen atoms in total. The first-order valence-corrected chi connectivity index (χ1v) is 9.34. The van der Waals surface area contributed by atoms with Crippen molar-refractivity contribution in [3.05, 3.63) is 64.2 Å². The molecule has 0 aromatic heterocycles. The van der Waals surface area contributed by atoms with E-state index in [9.17, 15) is 14.9 Å². The van der Waals surface area contributed by atoms with Crippen LogP contribution in [0.4, 0.5) is 11.4 Å². The zero-order chi connectivity index (χ0) is 19.3. The van der Waals surface area contributed by atoms with Gasteiger partial charge in [-0.3, -0.25) is 14.9 Å². The van der Waals surface area contributed by atoms with E-state index in [1.807, 2.05) is 31.2 Å². The van der Waals surface area contributed by atoms with Crippen molar-refractivity contribution in [2.24, 2.45) is 0 Å². The van der Waals surface area contributed by atoms with Gasteiger partial charge in [0.1, 0.15) is 5.75 Å². The molecule has 0 spiro atoms. The zero-order valence-corrected chi connectivity index (χ0v) is 15.4. The number of non-ortho nitro benzene ring substituents is 1. The highest BCUT2D eigenvalue weighted by Gasteiger charge is 2.42. The van der Waals surface area contributed by atoms with E-state index in [4.69, 9.17) is 4.74 Å². The van der Waals surface area contributed by atoms with E-state index in [1.54, 1.807) is 12.1 Å². The molecule has 3 rings (SSSR count). The van der Waals surface area contributed by atoms with Crippen LogP contribution in [0.2, 0.25) is 0 Å². The van der Waals surface area contributed by atoms with Crippen LogP contribution < -0.4 is 10.1 Å². The third kappa shape index (κ3) is 4.10. The van der Waals surface area contributed by atoms with Crippen molar-refractivity contribution in [1.29, 1.82) is 0 Å². The molecule has 1 fully saturated rings. The molecule has 1 N–H and O–H groups in total. The summed E-state index contributed by atoms with van der Waals surface area (Å²) in [5.41, 5.74) is 0.963. The van der Waals surface area contributed by atoms with Gasteiger partial charge in [-0.2, -0.15) is 0 Å². The molecule has 1 saturated carbocycles. The van der Waals surface area contributed by atoms with Crippen LogP contribution in [0.25, 0.3) is 0 Å². The fourth-order valence-corrected chi connectivity index (χ4v) is 3.63. The van der Waals surface area contributed by atoms with Gasteiger partial charge in [0.05, 0.1) is 16.9 Å². The van der Waals surface area contributed by atoms with Crippen molar-refractivity contribution >= 4 is 17.3 Å². The fraction of sp³-hybridized carbons (Fsp3) is 0.381. The molecule has 27 heavy (non-hydrogen) atoms. The number of carbonyl (C=O) groups is 1. The van der Waals surface area contributed by atoms with Crippen molar-refractivity contribution in [2.45, 2.75) is 44.4 Å². The Balaban J connectivity index is 1.78. The van der Waals surface area contributed by atoms with E-state index in [0.717, 1.165) is 49.1 Å². The molecule has 2 aromatic carbocycles. The van der Waals surface area contributed by atoms with Gasteiger partial charge in [0.25, 0.3) is 5.69 Å². The lowest BCUT2D eigenvalue weighted by Crippen LogP contribution is -2.37. The average molecular weight is 368 g/mol. The minimum atomic E-state index is -0.632. The second-order valence-corrected chi connectivity index (χ2v) is 6.92. The molecule has 1 amide bonds. The third-order valence-corrected chi connectivity index (χ3v) is 5.11. The largest absolute Gasteiger partial charge is 0.494 e. The van der Waals surface area contributed by atoms with Gasteiger partial charge in [0, 0.05) is 17.8 Å². The van der Waals surface area contributed by atoms with Crippen LogP contribution in [-0.4, -0.2) is 17.4 Å². The summed E-state index contributed by atoms with van der Waals surface area (Å²) in [6.45, 7) is 2.71. The molecule has 1 aliphatic rings. The molecule has 0 unspecified atom stereocenters. The smallest absolute Gasteiger partial charge is 0.269 e. The van der Waals surface area contributed by atoms with Crippen molar-refractivity contribution < 1.29 is 14.5 Å². The monoisotopic (exact) mass is 368 g/mol. The third-order valence-electron chi connectivity index (χ3n) is 5.11. The molecule has 0 radical (unpaired) electrons. The van der Waals surface area contributed by atoms with Crippen LogP contribution in [0.5, 0.6) is 5.75 Å². The van der Waals surface area contributed by atoms with Gasteiger partial charge in [0.2, 0.25) is 5.91 Å². The van der Waals surface area contributed by atoms with Gasteiger partial charge in [0.15, 0.2) is 0 Å². The van der Waals surface area contributed by atoms with Crippen LogP contribution >= 0.6 is 0 Å². The van der Waals surface area contributed by atoms with Gasteiger partial charge in [-0.15, -0.1) is 0 Å². The number of hydrogen-bond acceptors (Lipinski definition) is 4. The Bertz CT molecular complexity index is 794. The fourth-order valence-electron chi connectivity index (χ4n) is 3.63. The highest BCUT2D eigenvalue weighted by molar-refractivity contribution is 5.99. The Hall–Kier alpha value is -2.89. The maximum Gasteiger partial charge on any atom is 0.269 e. The number of carbonyl (C=O) groups excluding carboxylic acids is 1. The molecule has 0 bridgehead atoms. The summed E-state index contributed by atoms with van der Waals surface area (Å²) in [5.74, 6) is 0.719. The van der Waals surface area contributed by atoms with E-state index >= 15 is 0 Å². The number of rotatable bonds is 7. The van der Waals surface area contributed by atoms with Crippen molar-refractivity contribution in [2.75, 3.05) is 11.9 Å². The van der Waals surface area contributed by atoms with E-state index in [-0.39, 0.29) is 11.6 Å². The second-order valence-electron chi connectivity index (χ2n) is 6.92. The van der Waals surface area contributed by atoms with E-state index in [2.05, 4.69) is 5.32 Å². The number of benzene rings is 2. The Labute approximate surface area is 158 Å². The molecule has 6 heteroatoms. The summed E-state index contributed by atoms with van der Waals surface area (Å²) in [4.78, 5) is 23.6. The second kappa shape index (κ2) is 8.20. The predicted octanol–water partition coefficient (Wildman–Crippen LogP) is 4.83. The van der Waals surface area contributed by atoms with Gasteiger partial charge in [-0.05, 0) is 49.1 Å². The van der Waals surface area contributed by atoms with Gasteiger partial charge in [-0.1, -0.05) is 31.9 Å². The van der Waals surface area contributed by atoms with Crippen LogP contribution in [0.15, 0.2) is 48.5 Å². The summed E-state index contributed by atoms with van der Waals surface area (Å²) in [7, 11) is 0. The van der Waals surface area contributed by atoms with Gasteiger partial charge >= 0.3 is 0 Å². The Morgan fingerprint density at radius 3 is 2.30 bits per heavy atom. The number of nitrogens with zero attached hydrogens (tertiary/aromatic N) is 1. The topological polar surface area (TPSA) is 81.5 Å². The quantitative estimate of drug-likeness (QED) is 0.560. The maximum atomic E-state index is 13.1. The number of nitro groups is 1. The van der Waals surface area contributed by atoms with Gasteiger partial charge in [-0.25, -0.2) is 0 Å². The molecule has 1 aliphatic carbocycles. The van der Waals surface area contributed by atoms with Gasteiger partial charge < -0.3 is 10.1 Å². The number of nitrogens with one attached hydrogen (secondary N) is 1. The first kappa shape index (κ1) is 18.9. The molecule has 0 atom stereocenters. The van der Waals surface area contributed by atoms with Crippen LogP contribution in [0, 0.1) is 10.1 Å². The standard InChI is InChI=1S/C21H24N2O4/c1-2-15-27-19-11-7-17(8-12-19)22-20(24)21(13-3-4-14-21)16-5-9-18(10-6-16)23(25)26/h5-12H,2-4,13-15H2,1H3,(H,22,24). The molecular formula is C21H24N2O4. The van der Waals surface area contributed by atoms with Crippen LogP contribution in [0.1, 0.15) is 44.6 Å². The van der Waals surface area contributed by atoms with E-state index in [0.29, 0.717) is 6.61 Å². The number of ether oxygens (including phenoxy) is 1. The highest BCUT2D eigenvalue weighted by atomic mass is 16.6. The Morgan fingerprint density at radius 2 is 1.74 bits per heavy atom. The summed E-state index contributed by atoms with van der Waals surface area (Å²) in [6, 6.07) is 13.7. The molecular weight excluding hydrogens is 344 g/mol. The average Bonchev–Trinajstić information content (AvgIpc) is 3.19. The molecule has 0 saturated heterocycles. The molecule has 2 aromatic rings. The SMILES string of the molecule is CCCOc1ccc(NC(=O)C2(c3ccc([N+](=O)[O-])cc3)CCCC2)cc1. The van der Waals surface area contributed by atoms with Crippen molar-refractivity contribution in [3.8, 4) is 5.75 Å². The first-order valence-electron chi connectivity index (χ1n) is 9.34. The zero-order valence-electron chi connectivity index (χ0n) is 15.4. The number of nitro benzene ring substituents is 1.